The van der Waals surface area contributed by atoms with Crippen molar-refractivity contribution in [1.82, 2.24) is 9.80 Å². The third-order valence-corrected chi connectivity index (χ3v) is 4.67. The van der Waals surface area contributed by atoms with E-state index in [1.807, 2.05) is 21.0 Å². The number of hydrogen-bond acceptors (Lipinski definition) is 2. The molecule has 0 spiro atoms. The van der Waals surface area contributed by atoms with Crippen LogP contribution in [0.3, 0.4) is 0 Å². The molecule has 26 heavy (non-hydrogen) atoms. The molecule has 0 unspecified atom stereocenters. The van der Waals surface area contributed by atoms with E-state index >= 15 is 0 Å². The third-order valence-electron chi connectivity index (χ3n) is 4.67. The van der Waals surface area contributed by atoms with Crippen molar-refractivity contribution in [3.8, 4) is 0 Å². The maximum Gasteiger partial charge on any atom is 0.319 e. The van der Waals surface area contributed by atoms with Gasteiger partial charge in [0.15, 0.2) is 0 Å². The number of carbonyl (C=O) groups excluding carboxylic acids is 1. The summed E-state index contributed by atoms with van der Waals surface area (Å²) in [5.41, 5.74) is 0. The summed E-state index contributed by atoms with van der Waals surface area (Å²) in [6.07, 6.45) is 17.3. The molecule has 0 fully saturated rings. The molecule has 0 rings (SSSR count). The van der Waals surface area contributed by atoms with Gasteiger partial charge in [-0.25, -0.2) is 4.79 Å². The normalized spacial score (nSPS) is 11.0. The minimum absolute atomic E-state index is 0.102. The molecule has 5 nitrogen and oxygen atoms in total. The van der Waals surface area contributed by atoms with Crippen LogP contribution in [-0.2, 0) is 4.79 Å². The van der Waals surface area contributed by atoms with Crippen LogP contribution in [0.15, 0.2) is 12.2 Å². The molecule has 5 heteroatoms. The highest BCUT2D eigenvalue weighted by Crippen LogP contribution is 2.10. The van der Waals surface area contributed by atoms with Crippen LogP contribution in [0, 0.1) is 0 Å². The molecule has 0 aliphatic heterocycles. The number of amides is 2. The van der Waals surface area contributed by atoms with E-state index in [4.69, 9.17) is 5.11 Å². The maximum atomic E-state index is 11.9. The quantitative estimate of drug-likeness (QED) is 0.296. The summed E-state index contributed by atoms with van der Waals surface area (Å²) in [4.78, 5) is 25.8. The molecule has 0 heterocycles. The zero-order valence-electron chi connectivity index (χ0n) is 17.2. The molecule has 0 saturated heterocycles. The topological polar surface area (TPSA) is 60.9 Å². The second kappa shape index (κ2) is 16.9. The molecular weight excluding hydrogens is 328 g/mol. The molecule has 152 valence electrons. The first-order chi connectivity index (χ1) is 12.5. The van der Waals surface area contributed by atoms with E-state index < -0.39 is 5.97 Å². The van der Waals surface area contributed by atoms with Gasteiger partial charge < -0.3 is 14.9 Å². The third kappa shape index (κ3) is 14.8. The first-order valence-electron chi connectivity index (χ1n) is 10.3. The van der Waals surface area contributed by atoms with Crippen molar-refractivity contribution in [3.63, 3.8) is 0 Å². The monoisotopic (exact) mass is 368 g/mol. The lowest BCUT2D eigenvalue weighted by Crippen LogP contribution is -2.39. The zero-order valence-corrected chi connectivity index (χ0v) is 17.2. The van der Waals surface area contributed by atoms with E-state index in [2.05, 4.69) is 12.2 Å². The highest BCUT2D eigenvalue weighted by molar-refractivity contribution is 5.73. The summed E-state index contributed by atoms with van der Waals surface area (Å²) in [6.45, 7) is 3.55. The van der Waals surface area contributed by atoms with Crippen LogP contribution in [0.25, 0.3) is 0 Å². The lowest BCUT2D eigenvalue weighted by atomic mass is 10.1. The zero-order chi connectivity index (χ0) is 19.6. The van der Waals surface area contributed by atoms with Crippen molar-refractivity contribution >= 4 is 12.0 Å². The minimum atomic E-state index is -0.679. The Labute approximate surface area is 160 Å². The summed E-state index contributed by atoms with van der Waals surface area (Å²) < 4.78 is 0. The fourth-order valence-corrected chi connectivity index (χ4v) is 2.79. The van der Waals surface area contributed by atoms with E-state index in [0.29, 0.717) is 6.42 Å². The Hall–Kier alpha value is -1.52. The smallest absolute Gasteiger partial charge is 0.319 e. The molecule has 0 aromatic carbocycles. The van der Waals surface area contributed by atoms with Crippen molar-refractivity contribution in [3.05, 3.63) is 12.2 Å². The van der Waals surface area contributed by atoms with Gasteiger partial charge in [0.1, 0.15) is 0 Å². The van der Waals surface area contributed by atoms with Crippen LogP contribution in [0.1, 0.15) is 84.0 Å². The Morgan fingerprint density at radius 1 is 0.769 bits per heavy atom. The minimum Gasteiger partial charge on any atom is -0.481 e. The maximum absolute atomic E-state index is 11.9. The van der Waals surface area contributed by atoms with E-state index in [1.165, 1.54) is 25.7 Å². The summed E-state index contributed by atoms with van der Waals surface area (Å²) in [6, 6.07) is 0.102. The van der Waals surface area contributed by atoms with Crippen LogP contribution in [-0.4, -0.2) is 54.1 Å². The Morgan fingerprint density at radius 3 is 1.81 bits per heavy atom. The average Bonchev–Trinajstić information content (AvgIpc) is 2.63. The molecule has 0 aromatic rings. The van der Waals surface area contributed by atoms with Crippen LogP contribution >= 0.6 is 0 Å². The number of nitrogens with zero attached hydrogens (tertiary/aromatic N) is 2. The van der Waals surface area contributed by atoms with Gasteiger partial charge in [0.25, 0.3) is 0 Å². The fourth-order valence-electron chi connectivity index (χ4n) is 2.79. The van der Waals surface area contributed by atoms with Crippen molar-refractivity contribution in [2.45, 2.75) is 84.0 Å². The van der Waals surface area contributed by atoms with E-state index in [-0.39, 0.29) is 6.03 Å². The second-order valence-electron chi connectivity index (χ2n) is 7.09. The van der Waals surface area contributed by atoms with Crippen molar-refractivity contribution in [2.75, 3.05) is 27.2 Å². The first kappa shape index (κ1) is 24.5. The van der Waals surface area contributed by atoms with Crippen molar-refractivity contribution in [1.29, 1.82) is 0 Å². The van der Waals surface area contributed by atoms with E-state index in [0.717, 1.165) is 58.0 Å². The highest BCUT2D eigenvalue weighted by Gasteiger charge is 2.11. The molecule has 0 bridgehead atoms. The molecule has 0 aliphatic rings. The number of carbonyl (C=O) groups is 2. The van der Waals surface area contributed by atoms with Crippen LogP contribution in [0.2, 0.25) is 0 Å². The molecular formula is C21H40N2O3. The van der Waals surface area contributed by atoms with Gasteiger partial charge >= 0.3 is 12.0 Å². The fraction of sp³-hybridized carbons (Fsp3) is 0.810. The molecule has 0 radical (unpaired) electrons. The molecule has 1 N–H and O–H groups in total. The number of carboxylic acid groups (broad SMARTS) is 1. The number of hydrogen-bond donors (Lipinski definition) is 1. The van der Waals surface area contributed by atoms with Gasteiger partial charge in [0.2, 0.25) is 0 Å². The lowest BCUT2D eigenvalue weighted by Gasteiger charge is -2.23. The van der Waals surface area contributed by atoms with Gasteiger partial charge in [0.05, 0.1) is 0 Å². The van der Waals surface area contributed by atoms with Crippen LogP contribution in [0.4, 0.5) is 4.79 Å². The number of rotatable bonds is 16. The largest absolute Gasteiger partial charge is 0.481 e. The van der Waals surface area contributed by atoms with Gasteiger partial charge in [-0.05, 0) is 45.4 Å². The second-order valence-corrected chi connectivity index (χ2v) is 7.09. The SMILES string of the molecule is CCN(C)C(=O)N(C)CCCC/C=C/CCCCCCCCCC(=O)O. The molecule has 0 aliphatic carbocycles. The van der Waals surface area contributed by atoms with Gasteiger partial charge in [-0.3, -0.25) is 4.79 Å². The number of carboxylic acids is 1. The Kier molecular flexibility index (Phi) is 15.9. The summed E-state index contributed by atoms with van der Waals surface area (Å²) in [7, 11) is 3.71. The van der Waals surface area contributed by atoms with E-state index in [9.17, 15) is 9.59 Å². The standard InChI is InChI=1S/C21H40N2O3/c1-4-22(2)21(26)23(3)19-17-15-13-11-9-7-5-6-8-10-12-14-16-18-20(24)25/h9,11H,4-8,10,12-19H2,1-3H3,(H,24,25)/b11-9+. The van der Waals surface area contributed by atoms with E-state index in [1.54, 1.807) is 9.80 Å². The molecule has 0 atom stereocenters. The lowest BCUT2D eigenvalue weighted by molar-refractivity contribution is -0.137. The highest BCUT2D eigenvalue weighted by atomic mass is 16.4. The molecule has 0 aromatic heterocycles. The van der Waals surface area contributed by atoms with Gasteiger partial charge in [-0.1, -0.05) is 44.3 Å². The van der Waals surface area contributed by atoms with Gasteiger partial charge in [0, 0.05) is 33.6 Å². The summed E-state index contributed by atoms with van der Waals surface area (Å²) in [5, 5.41) is 8.56. The van der Waals surface area contributed by atoms with Crippen LogP contribution < -0.4 is 0 Å². The summed E-state index contributed by atoms with van der Waals surface area (Å²) >= 11 is 0. The Bertz CT molecular complexity index is 397. The number of unbranched alkanes of at least 4 members (excludes halogenated alkanes) is 9. The Morgan fingerprint density at radius 2 is 1.27 bits per heavy atom. The number of urea groups is 1. The van der Waals surface area contributed by atoms with Gasteiger partial charge in [-0.15, -0.1) is 0 Å². The van der Waals surface area contributed by atoms with Gasteiger partial charge in [-0.2, -0.15) is 0 Å². The predicted octanol–water partition coefficient (Wildman–Crippen LogP) is 5.31. The number of aliphatic carboxylic acids is 1. The van der Waals surface area contributed by atoms with Crippen molar-refractivity contribution in [2.24, 2.45) is 0 Å². The first-order valence-corrected chi connectivity index (χ1v) is 10.3. The Balaban J connectivity index is 3.36. The number of allylic oxidation sites excluding steroid dienone is 2. The molecule has 0 saturated carbocycles. The summed E-state index contributed by atoms with van der Waals surface area (Å²) in [5.74, 6) is -0.679. The average molecular weight is 369 g/mol. The van der Waals surface area contributed by atoms with Crippen molar-refractivity contribution < 1.29 is 14.7 Å². The van der Waals surface area contributed by atoms with Crippen LogP contribution in [0.5, 0.6) is 0 Å². The molecule has 2 amide bonds. The predicted molar refractivity (Wildman–Crippen MR) is 109 cm³/mol.